The van der Waals surface area contributed by atoms with Crippen LogP contribution in [0.4, 0.5) is 0 Å². The first kappa shape index (κ1) is 18.9. The Morgan fingerprint density at radius 1 is 1.37 bits per heavy atom. The lowest BCUT2D eigenvalue weighted by molar-refractivity contribution is 0.0946. The van der Waals surface area contributed by atoms with Crippen molar-refractivity contribution in [3.63, 3.8) is 0 Å². The summed E-state index contributed by atoms with van der Waals surface area (Å²) in [4.78, 5) is 29.6. The average molecular weight is 433 g/mol. The second kappa shape index (κ2) is 7.80. The van der Waals surface area contributed by atoms with E-state index in [9.17, 15) is 9.59 Å². The number of aromatic nitrogens is 5. The second-order valence-corrected chi connectivity index (χ2v) is 6.64. The fourth-order valence-electron chi connectivity index (χ4n) is 2.70. The van der Waals surface area contributed by atoms with Crippen LogP contribution >= 0.6 is 15.9 Å². The van der Waals surface area contributed by atoms with Gasteiger partial charge < -0.3 is 15.4 Å². The molecule has 2 heterocycles. The van der Waals surface area contributed by atoms with Crippen LogP contribution < -0.4 is 5.32 Å². The number of aromatic amines is 1. The topological polar surface area (TPSA) is 126 Å². The molecular formula is C17H17BrN6O3. The number of amides is 1. The summed E-state index contributed by atoms with van der Waals surface area (Å²) in [6, 6.07) is 6.94. The van der Waals surface area contributed by atoms with Crippen molar-refractivity contribution in [3.8, 4) is 11.5 Å². The van der Waals surface area contributed by atoms with Gasteiger partial charge in [-0.05, 0) is 29.8 Å². The van der Waals surface area contributed by atoms with Crippen molar-refractivity contribution in [3.05, 3.63) is 51.1 Å². The first-order valence-corrected chi connectivity index (χ1v) is 8.89. The van der Waals surface area contributed by atoms with Gasteiger partial charge in [-0.15, -0.1) is 10.2 Å². The molecule has 2 aromatic heterocycles. The van der Waals surface area contributed by atoms with Crippen molar-refractivity contribution in [2.75, 3.05) is 13.7 Å². The Morgan fingerprint density at radius 3 is 2.81 bits per heavy atom. The van der Waals surface area contributed by atoms with Gasteiger partial charge in [-0.2, -0.15) is 4.80 Å². The number of nitrogens with one attached hydrogen (secondary N) is 2. The summed E-state index contributed by atoms with van der Waals surface area (Å²) in [6.07, 6.45) is 0. The molecule has 0 atom stereocenters. The van der Waals surface area contributed by atoms with Crippen molar-refractivity contribution in [1.82, 2.24) is 30.5 Å². The summed E-state index contributed by atoms with van der Waals surface area (Å²) in [5.74, 6) is -0.484. The van der Waals surface area contributed by atoms with Gasteiger partial charge in [0.25, 0.3) is 5.91 Å². The van der Waals surface area contributed by atoms with Gasteiger partial charge >= 0.3 is 0 Å². The monoisotopic (exact) mass is 432 g/mol. The summed E-state index contributed by atoms with van der Waals surface area (Å²) in [5.41, 5.74) is 1.80. The molecule has 0 fully saturated rings. The van der Waals surface area contributed by atoms with Crippen molar-refractivity contribution < 1.29 is 14.7 Å². The van der Waals surface area contributed by atoms with Crippen LogP contribution in [0.5, 0.6) is 0 Å². The van der Waals surface area contributed by atoms with E-state index in [1.165, 1.54) is 11.8 Å². The lowest BCUT2D eigenvalue weighted by Crippen LogP contribution is -2.21. The molecule has 0 spiro atoms. The molecule has 0 aliphatic heterocycles. The predicted molar refractivity (Wildman–Crippen MR) is 100 cm³/mol. The highest BCUT2D eigenvalue weighted by atomic mass is 79.9. The van der Waals surface area contributed by atoms with E-state index in [0.717, 1.165) is 4.47 Å². The molecule has 1 aromatic carbocycles. The maximum absolute atomic E-state index is 13.1. The molecule has 1 amide bonds. The molecule has 3 rings (SSSR count). The van der Waals surface area contributed by atoms with Crippen LogP contribution in [0.3, 0.4) is 0 Å². The third-order valence-electron chi connectivity index (χ3n) is 3.99. The molecule has 0 bridgehead atoms. The zero-order valence-corrected chi connectivity index (χ0v) is 16.2. The van der Waals surface area contributed by atoms with Crippen LogP contribution in [-0.2, 0) is 6.54 Å². The normalized spacial score (nSPS) is 10.8. The largest absolute Gasteiger partial charge is 0.394 e. The molecule has 0 unspecified atom stereocenters. The van der Waals surface area contributed by atoms with E-state index in [4.69, 9.17) is 5.11 Å². The van der Waals surface area contributed by atoms with E-state index in [1.807, 2.05) is 6.07 Å². The lowest BCUT2D eigenvalue weighted by Gasteiger charge is -2.05. The highest BCUT2D eigenvalue weighted by molar-refractivity contribution is 9.10. The number of rotatable bonds is 6. The summed E-state index contributed by atoms with van der Waals surface area (Å²) in [6.45, 7) is 1.78. The molecule has 0 saturated carbocycles. The highest BCUT2D eigenvalue weighted by Crippen LogP contribution is 2.28. The number of carbonyl (C=O) groups excluding carboxylic acids is 2. The molecule has 0 saturated heterocycles. The first-order valence-electron chi connectivity index (χ1n) is 8.10. The standard InChI is InChI=1S/C17H17BrN6O3/c1-9-12(15(26)10-4-3-5-11(18)8-10)14(17(27)19-2)20-13(9)16-21-23-24(22-16)6-7-25/h3-5,8,20,25H,6-7H2,1-2H3,(H,19,27). The SMILES string of the molecule is CNC(=O)c1[nH]c(-c2nnn(CCO)n2)c(C)c1C(=O)c1cccc(Br)c1. The fraction of sp³-hybridized carbons (Fsp3) is 0.235. The number of hydrogen-bond acceptors (Lipinski definition) is 6. The summed E-state index contributed by atoms with van der Waals surface area (Å²) in [7, 11) is 1.49. The number of hydrogen-bond donors (Lipinski definition) is 3. The third kappa shape index (κ3) is 3.67. The Hall–Kier alpha value is -2.85. The van der Waals surface area contributed by atoms with E-state index in [-0.39, 0.29) is 36.0 Å². The van der Waals surface area contributed by atoms with Crippen LogP contribution in [0, 0.1) is 6.92 Å². The highest BCUT2D eigenvalue weighted by Gasteiger charge is 2.27. The van der Waals surface area contributed by atoms with Gasteiger partial charge in [0.1, 0.15) is 5.69 Å². The van der Waals surface area contributed by atoms with Crippen LogP contribution in [-0.4, -0.2) is 55.6 Å². The number of benzene rings is 1. The number of tetrazole rings is 1. The van der Waals surface area contributed by atoms with Gasteiger partial charge in [0.15, 0.2) is 5.78 Å². The molecule has 140 valence electrons. The van der Waals surface area contributed by atoms with Crippen molar-refractivity contribution in [2.24, 2.45) is 0 Å². The van der Waals surface area contributed by atoms with E-state index in [2.05, 4.69) is 41.6 Å². The van der Waals surface area contributed by atoms with Gasteiger partial charge in [-0.3, -0.25) is 9.59 Å². The minimum absolute atomic E-state index is 0.129. The maximum atomic E-state index is 13.1. The number of halogens is 1. The van der Waals surface area contributed by atoms with Crippen LogP contribution in [0.15, 0.2) is 28.7 Å². The van der Waals surface area contributed by atoms with Gasteiger partial charge in [-0.1, -0.05) is 28.1 Å². The second-order valence-electron chi connectivity index (χ2n) is 5.73. The molecular weight excluding hydrogens is 416 g/mol. The number of ketones is 1. The zero-order valence-electron chi connectivity index (χ0n) is 14.7. The van der Waals surface area contributed by atoms with Crippen LogP contribution in [0.25, 0.3) is 11.5 Å². The van der Waals surface area contributed by atoms with E-state index < -0.39 is 5.91 Å². The summed E-state index contributed by atoms with van der Waals surface area (Å²) in [5, 5.41) is 23.5. The number of aliphatic hydroxyl groups excluding tert-OH is 1. The molecule has 27 heavy (non-hydrogen) atoms. The molecule has 0 aliphatic carbocycles. The minimum atomic E-state index is -0.426. The van der Waals surface area contributed by atoms with Gasteiger partial charge in [0, 0.05) is 17.1 Å². The number of nitrogens with zero attached hydrogens (tertiary/aromatic N) is 4. The Bertz CT molecular complexity index is 1010. The Morgan fingerprint density at radius 2 is 2.15 bits per heavy atom. The Kier molecular flexibility index (Phi) is 5.47. The molecule has 3 N–H and O–H groups in total. The number of aliphatic hydroxyl groups is 1. The van der Waals surface area contributed by atoms with E-state index >= 15 is 0 Å². The average Bonchev–Trinajstić information content (AvgIpc) is 3.25. The quantitative estimate of drug-likeness (QED) is 0.504. The maximum Gasteiger partial charge on any atom is 0.268 e. The van der Waals surface area contributed by atoms with Gasteiger partial charge in [0.2, 0.25) is 5.82 Å². The van der Waals surface area contributed by atoms with Crippen LogP contribution in [0.1, 0.15) is 32.0 Å². The first-order chi connectivity index (χ1) is 13.0. The van der Waals surface area contributed by atoms with Crippen molar-refractivity contribution >= 4 is 27.6 Å². The Balaban J connectivity index is 2.13. The molecule has 10 heteroatoms. The van der Waals surface area contributed by atoms with Gasteiger partial charge in [0.05, 0.1) is 24.4 Å². The predicted octanol–water partition coefficient (Wildman–Crippen LogP) is 1.32. The molecule has 0 radical (unpaired) electrons. The van der Waals surface area contributed by atoms with Crippen LogP contribution in [0.2, 0.25) is 0 Å². The lowest BCUT2D eigenvalue weighted by atomic mass is 9.99. The third-order valence-corrected chi connectivity index (χ3v) is 4.49. The molecule has 9 nitrogen and oxygen atoms in total. The van der Waals surface area contributed by atoms with E-state index in [1.54, 1.807) is 25.1 Å². The minimum Gasteiger partial charge on any atom is -0.394 e. The summed E-state index contributed by atoms with van der Waals surface area (Å²) < 4.78 is 0.761. The molecule has 0 aliphatic rings. The van der Waals surface area contributed by atoms with E-state index in [0.29, 0.717) is 16.8 Å². The van der Waals surface area contributed by atoms with Crippen molar-refractivity contribution in [1.29, 1.82) is 0 Å². The Labute approximate surface area is 162 Å². The number of H-pyrrole nitrogens is 1. The van der Waals surface area contributed by atoms with Gasteiger partial charge in [-0.25, -0.2) is 0 Å². The smallest absolute Gasteiger partial charge is 0.268 e. The van der Waals surface area contributed by atoms with Crippen molar-refractivity contribution in [2.45, 2.75) is 13.5 Å². The molecule has 3 aromatic rings. The zero-order chi connectivity index (χ0) is 19.6. The number of carbonyl (C=O) groups is 2. The summed E-state index contributed by atoms with van der Waals surface area (Å²) >= 11 is 3.35. The fourth-order valence-corrected chi connectivity index (χ4v) is 3.10.